The van der Waals surface area contributed by atoms with E-state index in [0.29, 0.717) is 5.75 Å². The number of hydrogen-bond donors (Lipinski definition) is 1. The van der Waals surface area contributed by atoms with Crippen LogP contribution in [0, 0.1) is 13.8 Å². The van der Waals surface area contributed by atoms with Crippen LogP contribution in [0.4, 0.5) is 0 Å². The van der Waals surface area contributed by atoms with Crippen LogP contribution in [0.25, 0.3) is 6.08 Å². The lowest BCUT2D eigenvalue weighted by Gasteiger charge is -2.10. The smallest absolute Gasteiger partial charge is 0.308 e. The Morgan fingerprint density at radius 1 is 1.08 bits per heavy atom. The molecule has 4 nitrogen and oxygen atoms in total. The fourth-order valence-corrected chi connectivity index (χ4v) is 2.45. The molecule has 0 aliphatic rings. The Balaban J connectivity index is 2.09. The molecule has 0 saturated carbocycles. The van der Waals surface area contributed by atoms with Gasteiger partial charge in [-0.1, -0.05) is 18.2 Å². The quantitative estimate of drug-likeness (QED) is 0.517. The normalized spacial score (nSPS) is 10.8. The lowest BCUT2D eigenvalue weighted by molar-refractivity contribution is -0.132. The number of carbonyl (C=O) groups excluding carboxylic acids is 2. The van der Waals surface area contributed by atoms with Gasteiger partial charge in [0.2, 0.25) is 0 Å². The van der Waals surface area contributed by atoms with Gasteiger partial charge in [0, 0.05) is 13.3 Å². The molecule has 0 aromatic heterocycles. The van der Waals surface area contributed by atoms with Crippen molar-refractivity contribution in [1.29, 1.82) is 0 Å². The van der Waals surface area contributed by atoms with Crippen LogP contribution in [-0.4, -0.2) is 16.9 Å². The van der Waals surface area contributed by atoms with E-state index in [1.807, 2.05) is 26.0 Å². The predicted molar refractivity (Wildman–Crippen MR) is 93.1 cm³/mol. The third-order valence-corrected chi connectivity index (χ3v) is 3.50. The average Bonchev–Trinajstić information content (AvgIpc) is 2.51. The van der Waals surface area contributed by atoms with E-state index >= 15 is 0 Å². The molecule has 24 heavy (non-hydrogen) atoms. The molecule has 1 N–H and O–H groups in total. The molecular formula is C20H20O4. The Kier molecular flexibility index (Phi) is 5.53. The predicted octanol–water partition coefficient (Wildman–Crippen LogP) is 3.76. The summed E-state index contributed by atoms with van der Waals surface area (Å²) in [5.74, 6) is 0.365. The summed E-state index contributed by atoms with van der Waals surface area (Å²) in [5, 5.41) is 9.24. The molecule has 4 heteroatoms. The zero-order valence-corrected chi connectivity index (χ0v) is 14.0. The summed E-state index contributed by atoms with van der Waals surface area (Å²) in [5.41, 5.74) is 3.41. The minimum Gasteiger partial charge on any atom is -0.508 e. The number of allylic oxidation sites excluding steroid dienone is 1. The number of aryl methyl sites for hydroxylation is 2. The van der Waals surface area contributed by atoms with Gasteiger partial charge in [0.05, 0.1) is 0 Å². The van der Waals surface area contributed by atoms with E-state index in [1.54, 1.807) is 30.3 Å². The van der Waals surface area contributed by atoms with Gasteiger partial charge in [-0.05, 0) is 66.4 Å². The van der Waals surface area contributed by atoms with Crippen molar-refractivity contribution in [2.45, 2.75) is 27.2 Å². The van der Waals surface area contributed by atoms with E-state index in [-0.39, 0.29) is 23.9 Å². The molecule has 0 aliphatic heterocycles. The zero-order valence-electron chi connectivity index (χ0n) is 14.0. The number of phenolic OH excluding ortho intramolecular Hbond substituents is 1. The number of phenols is 1. The van der Waals surface area contributed by atoms with E-state index in [9.17, 15) is 14.7 Å². The first-order valence-corrected chi connectivity index (χ1v) is 7.63. The maximum atomic E-state index is 12.0. The summed E-state index contributed by atoms with van der Waals surface area (Å²) in [6, 6.07) is 10.3. The van der Waals surface area contributed by atoms with Gasteiger partial charge in [0.15, 0.2) is 5.78 Å². The molecule has 0 radical (unpaired) electrons. The van der Waals surface area contributed by atoms with Crippen molar-refractivity contribution in [3.05, 3.63) is 64.7 Å². The Labute approximate surface area is 141 Å². The molecule has 2 aromatic carbocycles. The fraction of sp³-hybridized carbons (Fsp3) is 0.200. The highest BCUT2D eigenvalue weighted by atomic mass is 16.5. The SMILES string of the molecule is CC(=O)Oc1c(C)cc(/C=C/C(=O)Cc2ccc(O)cc2)cc1C. The standard InChI is InChI=1S/C20H20O4/c1-13-10-17(11-14(2)20(13)24-15(3)21)6-9-19(23)12-16-4-7-18(22)8-5-16/h4-11,22H,12H2,1-3H3/b9-6+. The van der Waals surface area contributed by atoms with Crippen LogP contribution in [0.1, 0.15) is 29.2 Å². The summed E-state index contributed by atoms with van der Waals surface area (Å²) >= 11 is 0. The number of carbonyl (C=O) groups is 2. The lowest BCUT2D eigenvalue weighted by Crippen LogP contribution is -2.04. The molecule has 0 saturated heterocycles. The topological polar surface area (TPSA) is 63.6 Å². The largest absolute Gasteiger partial charge is 0.508 e. The van der Waals surface area contributed by atoms with Crippen molar-refractivity contribution in [3.8, 4) is 11.5 Å². The fourth-order valence-electron chi connectivity index (χ4n) is 2.45. The number of aromatic hydroxyl groups is 1. The summed E-state index contributed by atoms with van der Waals surface area (Å²) in [7, 11) is 0. The zero-order chi connectivity index (χ0) is 17.7. The van der Waals surface area contributed by atoms with Crippen LogP contribution in [0.15, 0.2) is 42.5 Å². The second kappa shape index (κ2) is 7.59. The number of benzene rings is 2. The van der Waals surface area contributed by atoms with E-state index in [1.165, 1.54) is 13.0 Å². The molecule has 0 spiro atoms. The van der Waals surface area contributed by atoms with Gasteiger partial charge in [0.1, 0.15) is 11.5 Å². The Hall–Kier alpha value is -2.88. The second-order valence-corrected chi connectivity index (χ2v) is 5.72. The molecule has 0 heterocycles. The van der Waals surface area contributed by atoms with Crippen LogP contribution in [0.2, 0.25) is 0 Å². The lowest BCUT2D eigenvalue weighted by atomic mass is 10.0. The third-order valence-electron chi connectivity index (χ3n) is 3.50. The molecule has 0 unspecified atom stereocenters. The minimum atomic E-state index is -0.353. The van der Waals surface area contributed by atoms with Crippen molar-refractivity contribution in [2.75, 3.05) is 0 Å². The number of esters is 1. The number of hydrogen-bond acceptors (Lipinski definition) is 4. The highest BCUT2D eigenvalue weighted by Crippen LogP contribution is 2.25. The molecule has 0 fully saturated rings. The van der Waals surface area contributed by atoms with Crippen molar-refractivity contribution in [1.82, 2.24) is 0 Å². The van der Waals surface area contributed by atoms with E-state index in [4.69, 9.17) is 4.74 Å². The van der Waals surface area contributed by atoms with Gasteiger partial charge in [-0.25, -0.2) is 0 Å². The molecule has 0 bridgehead atoms. The maximum Gasteiger partial charge on any atom is 0.308 e. The Morgan fingerprint density at radius 2 is 1.67 bits per heavy atom. The van der Waals surface area contributed by atoms with Crippen molar-refractivity contribution >= 4 is 17.8 Å². The van der Waals surface area contributed by atoms with Crippen LogP contribution in [-0.2, 0) is 16.0 Å². The Morgan fingerprint density at radius 3 is 2.21 bits per heavy atom. The molecule has 124 valence electrons. The Bertz CT molecular complexity index is 763. The number of rotatable bonds is 5. The second-order valence-electron chi connectivity index (χ2n) is 5.72. The van der Waals surface area contributed by atoms with Crippen LogP contribution in [0.3, 0.4) is 0 Å². The van der Waals surface area contributed by atoms with Gasteiger partial charge >= 0.3 is 5.97 Å². The molecular weight excluding hydrogens is 304 g/mol. The molecule has 0 atom stereocenters. The van der Waals surface area contributed by atoms with Crippen LogP contribution in [0.5, 0.6) is 11.5 Å². The first kappa shape index (κ1) is 17.5. The van der Waals surface area contributed by atoms with E-state index < -0.39 is 0 Å². The van der Waals surface area contributed by atoms with E-state index in [0.717, 1.165) is 22.3 Å². The average molecular weight is 324 g/mol. The third kappa shape index (κ3) is 4.81. The monoisotopic (exact) mass is 324 g/mol. The van der Waals surface area contributed by atoms with Crippen molar-refractivity contribution in [2.24, 2.45) is 0 Å². The highest BCUT2D eigenvalue weighted by molar-refractivity contribution is 5.95. The first-order chi connectivity index (χ1) is 11.3. The van der Waals surface area contributed by atoms with Crippen LogP contribution < -0.4 is 4.74 Å². The highest BCUT2D eigenvalue weighted by Gasteiger charge is 2.08. The van der Waals surface area contributed by atoms with Gasteiger partial charge in [-0.2, -0.15) is 0 Å². The summed E-state index contributed by atoms with van der Waals surface area (Å²) in [4.78, 5) is 23.1. The molecule has 0 amide bonds. The first-order valence-electron chi connectivity index (χ1n) is 7.63. The molecule has 0 aliphatic carbocycles. The number of ether oxygens (including phenoxy) is 1. The van der Waals surface area contributed by atoms with Crippen molar-refractivity contribution in [3.63, 3.8) is 0 Å². The van der Waals surface area contributed by atoms with Gasteiger partial charge in [-0.15, -0.1) is 0 Å². The summed E-state index contributed by atoms with van der Waals surface area (Å²) < 4.78 is 5.19. The van der Waals surface area contributed by atoms with Gasteiger partial charge in [-0.3, -0.25) is 9.59 Å². The summed E-state index contributed by atoms with van der Waals surface area (Å²) in [6.07, 6.45) is 3.56. The van der Waals surface area contributed by atoms with E-state index in [2.05, 4.69) is 0 Å². The van der Waals surface area contributed by atoms with Crippen LogP contribution >= 0.6 is 0 Å². The number of ketones is 1. The summed E-state index contributed by atoms with van der Waals surface area (Å²) in [6.45, 7) is 5.09. The molecule has 2 rings (SSSR count). The van der Waals surface area contributed by atoms with Gasteiger partial charge in [0.25, 0.3) is 0 Å². The minimum absolute atomic E-state index is 0.0277. The molecule has 2 aromatic rings. The maximum absolute atomic E-state index is 12.0. The van der Waals surface area contributed by atoms with Gasteiger partial charge < -0.3 is 9.84 Å². The van der Waals surface area contributed by atoms with Crippen molar-refractivity contribution < 1.29 is 19.4 Å².